The lowest BCUT2D eigenvalue weighted by Crippen LogP contribution is -2.56. The van der Waals surface area contributed by atoms with E-state index in [4.69, 9.17) is 0 Å². The molecule has 2 amide bonds. The van der Waals surface area contributed by atoms with Crippen molar-refractivity contribution >= 4 is 23.3 Å². The molecule has 6 nitrogen and oxygen atoms in total. The summed E-state index contributed by atoms with van der Waals surface area (Å²) in [6, 6.07) is 14.5. The number of anilines is 1. The summed E-state index contributed by atoms with van der Waals surface area (Å²) in [7, 11) is 0. The largest absolute Gasteiger partial charge is 0.343 e. The predicted octanol–water partition coefficient (Wildman–Crippen LogP) is 1.95. The summed E-state index contributed by atoms with van der Waals surface area (Å²) in [6.45, 7) is 1.62. The van der Waals surface area contributed by atoms with Crippen LogP contribution in [-0.4, -0.2) is 24.2 Å². The minimum absolute atomic E-state index is 0.0340. The van der Waals surface area contributed by atoms with Crippen molar-refractivity contribution in [3.8, 4) is 0 Å². The molecule has 2 aromatic carbocycles. The van der Waals surface area contributed by atoms with Crippen LogP contribution in [0.4, 0.5) is 10.1 Å². The van der Waals surface area contributed by atoms with Crippen molar-refractivity contribution < 1.29 is 14.0 Å². The highest BCUT2D eigenvalue weighted by Crippen LogP contribution is 2.15. The van der Waals surface area contributed by atoms with E-state index in [-0.39, 0.29) is 24.1 Å². The number of carbonyl (C=O) groups excluding carboxylic acids is 2. The number of nitrogens with one attached hydrogen (secondary N) is 2. The second kappa shape index (κ2) is 7.12. The van der Waals surface area contributed by atoms with E-state index in [9.17, 15) is 14.0 Å². The fraction of sp³-hybridized carbons (Fsp3) is 0.167. The minimum Gasteiger partial charge on any atom is -0.343 e. The third kappa shape index (κ3) is 3.82. The Labute approximate surface area is 144 Å². The van der Waals surface area contributed by atoms with Crippen molar-refractivity contribution in [1.29, 1.82) is 0 Å². The molecule has 25 heavy (non-hydrogen) atoms. The van der Waals surface area contributed by atoms with Gasteiger partial charge in [-0.2, -0.15) is 0 Å². The van der Waals surface area contributed by atoms with Crippen LogP contribution in [0.2, 0.25) is 0 Å². The number of rotatable bonds is 4. The summed E-state index contributed by atoms with van der Waals surface area (Å²) in [6.07, 6.45) is 0. The van der Waals surface area contributed by atoms with Gasteiger partial charge in [-0.3, -0.25) is 20.0 Å². The molecule has 2 aromatic rings. The molecule has 7 heteroatoms. The van der Waals surface area contributed by atoms with E-state index in [2.05, 4.69) is 15.7 Å². The van der Waals surface area contributed by atoms with E-state index in [1.807, 2.05) is 6.07 Å². The number of hydrogen-bond acceptors (Lipinski definition) is 4. The number of amides is 2. The van der Waals surface area contributed by atoms with Crippen LogP contribution >= 0.6 is 0 Å². The van der Waals surface area contributed by atoms with Crippen molar-refractivity contribution in [2.75, 3.05) is 11.6 Å². The van der Waals surface area contributed by atoms with Crippen LogP contribution in [0.5, 0.6) is 0 Å². The van der Waals surface area contributed by atoms with E-state index in [1.54, 1.807) is 43.3 Å². The molecule has 1 aliphatic heterocycles. The monoisotopic (exact) mass is 340 g/mol. The van der Waals surface area contributed by atoms with Crippen LogP contribution in [0.3, 0.4) is 0 Å². The van der Waals surface area contributed by atoms with E-state index >= 15 is 0 Å². The molecule has 0 radical (unpaired) electrons. The lowest BCUT2D eigenvalue weighted by atomic mass is 10.1. The van der Waals surface area contributed by atoms with Gasteiger partial charge in [-0.15, -0.1) is 0 Å². The smallest absolute Gasteiger partial charge is 0.288 e. The van der Waals surface area contributed by atoms with E-state index in [0.717, 1.165) is 0 Å². The SMILES string of the molecule is C[C@H](NC(=O)C1=NCC(=O)N(c2ccccc2)N1)c1cccc(F)c1. The number of para-hydroxylation sites is 1. The lowest BCUT2D eigenvalue weighted by Gasteiger charge is -2.28. The van der Waals surface area contributed by atoms with Gasteiger partial charge in [-0.1, -0.05) is 30.3 Å². The normalized spacial score (nSPS) is 15.2. The zero-order chi connectivity index (χ0) is 17.8. The number of hydrazine groups is 1. The highest BCUT2D eigenvalue weighted by atomic mass is 19.1. The number of carbonyl (C=O) groups is 2. The van der Waals surface area contributed by atoms with Crippen molar-refractivity contribution in [2.24, 2.45) is 4.99 Å². The second-order valence-electron chi connectivity index (χ2n) is 5.59. The first kappa shape index (κ1) is 16.6. The van der Waals surface area contributed by atoms with E-state index in [0.29, 0.717) is 11.3 Å². The first-order chi connectivity index (χ1) is 12.0. The third-order valence-corrected chi connectivity index (χ3v) is 3.77. The topological polar surface area (TPSA) is 73.8 Å². The molecule has 1 heterocycles. The van der Waals surface area contributed by atoms with Gasteiger partial charge in [0.05, 0.1) is 11.7 Å². The molecule has 1 atom stereocenters. The Morgan fingerprint density at radius 2 is 2.00 bits per heavy atom. The number of nitrogens with zero attached hydrogens (tertiary/aromatic N) is 2. The Balaban J connectivity index is 1.71. The van der Waals surface area contributed by atoms with Gasteiger partial charge in [-0.05, 0) is 36.8 Å². The maximum absolute atomic E-state index is 13.3. The van der Waals surface area contributed by atoms with Crippen LogP contribution < -0.4 is 15.8 Å². The Bertz CT molecular complexity index is 823. The zero-order valence-electron chi connectivity index (χ0n) is 13.6. The van der Waals surface area contributed by atoms with E-state index in [1.165, 1.54) is 17.1 Å². The summed E-state index contributed by atoms with van der Waals surface area (Å²) >= 11 is 0. The van der Waals surface area contributed by atoms with Crippen molar-refractivity contribution in [2.45, 2.75) is 13.0 Å². The first-order valence-corrected chi connectivity index (χ1v) is 7.80. The molecule has 0 unspecified atom stereocenters. The van der Waals surface area contributed by atoms with Crippen molar-refractivity contribution in [3.63, 3.8) is 0 Å². The fourth-order valence-electron chi connectivity index (χ4n) is 2.45. The third-order valence-electron chi connectivity index (χ3n) is 3.77. The molecule has 0 aliphatic carbocycles. The van der Waals surface area contributed by atoms with Gasteiger partial charge >= 0.3 is 0 Å². The Morgan fingerprint density at radius 1 is 1.24 bits per heavy atom. The standard InChI is InChI=1S/C18H17FN4O2/c1-12(13-6-5-7-14(19)10-13)21-18(25)17-20-11-16(24)23(22-17)15-8-3-2-4-9-15/h2-10,12H,11H2,1H3,(H,20,22)(H,21,25)/t12-/m0/s1. The Morgan fingerprint density at radius 3 is 2.72 bits per heavy atom. The number of halogens is 1. The van der Waals surface area contributed by atoms with Crippen molar-refractivity contribution in [3.05, 3.63) is 66.0 Å². The van der Waals surface area contributed by atoms with Crippen molar-refractivity contribution in [1.82, 2.24) is 10.7 Å². The van der Waals surface area contributed by atoms with Gasteiger partial charge in [-0.25, -0.2) is 9.40 Å². The van der Waals surface area contributed by atoms with Gasteiger partial charge in [0.15, 0.2) is 0 Å². The van der Waals surface area contributed by atoms with Crippen LogP contribution in [0.25, 0.3) is 0 Å². The zero-order valence-corrected chi connectivity index (χ0v) is 13.6. The molecule has 0 fully saturated rings. The maximum atomic E-state index is 13.3. The highest BCUT2D eigenvalue weighted by molar-refractivity contribution is 6.39. The van der Waals surface area contributed by atoms with Gasteiger partial charge in [0.25, 0.3) is 11.8 Å². The molecule has 3 rings (SSSR count). The number of benzene rings is 2. The molecule has 1 aliphatic rings. The van der Waals surface area contributed by atoms with Crippen LogP contribution in [-0.2, 0) is 9.59 Å². The van der Waals surface area contributed by atoms with Crippen LogP contribution in [0, 0.1) is 5.82 Å². The Kier molecular flexibility index (Phi) is 4.74. The van der Waals surface area contributed by atoms with Gasteiger partial charge in [0.2, 0.25) is 5.84 Å². The molecule has 2 N–H and O–H groups in total. The number of aliphatic imine (C=N–C) groups is 1. The highest BCUT2D eigenvalue weighted by Gasteiger charge is 2.26. The van der Waals surface area contributed by atoms with Gasteiger partial charge in [0, 0.05) is 0 Å². The molecule has 0 saturated heterocycles. The van der Waals surface area contributed by atoms with Gasteiger partial charge in [0.1, 0.15) is 12.4 Å². The van der Waals surface area contributed by atoms with Crippen LogP contribution in [0.1, 0.15) is 18.5 Å². The summed E-state index contributed by atoms with van der Waals surface area (Å²) in [5.74, 6) is -1.06. The molecular formula is C18H17FN4O2. The molecule has 0 saturated carbocycles. The minimum atomic E-state index is -0.467. The maximum Gasteiger partial charge on any atom is 0.288 e. The molecular weight excluding hydrogens is 323 g/mol. The molecule has 0 aromatic heterocycles. The number of amidine groups is 1. The lowest BCUT2D eigenvalue weighted by molar-refractivity contribution is -0.118. The molecule has 0 bridgehead atoms. The molecule has 0 spiro atoms. The van der Waals surface area contributed by atoms with Gasteiger partial charge < -0.3 is 5.32 Å². The summed E-state index contributed by atoms with van der Waals surface area (Å²) in [4.78, 5) is 28.4. The summed E-state index contributed by atoms with van der Waals surface area (Å²) in [5.41, 5.74) is 3.99. The molecule has 128 valence electrons. The summed E-state index contributed by atoms with van der Waals surface area (Å²) < 4.78 is 13.3. The quantitative estimate of drug-likeness (QED) is 0.893. The fourth-order valence-corrected chi connectivity index (χ4v) is 2.45. The first-order valence-electron chi connectivity index (χ1n) is 7.80. The number of hydrogen-bond donors (Lipinski definition) is 2. The second-order valence-corrected chi connectivity index (χ2v) is 5.59. The summed E-state index contributed by atoms with van der Waals surface area (Å²) in [5, 5.41) is 4.03. The Hall–Kier alpha value is -3.22. The van der Waals surface area contributed by atoms with E-state index < -0.39 is 11.9 Å². The average molecular weight is 340 g/mol. The van der Waals surface area contributed by atoms with Crippen LogP contribution in [0.15, 0.2) is 59.6 Å². The predicted molar refractivity (Wildman–Crippen MR) is 92.3 cm³/mol. The average Bonchev–Trinajstić information content (AvgIpc) is 2.62.